The Hall–Kier alpha value is -2.70. The van der Waals surface area contributed by atoms with Crippen LogP contribution in [0.4, 0.5) is 10.2 Å². The van der Waals surface area contributed by atoms with Gasteiger partial charge in [-0.15, -0.1) is 0 Å². The Labute approximate surface area is 145 Å². The van der Waals surface area contributed by atoms with E-state index >= 15 is 0 Å². The minimum absolute atomic E-state index is 0.0333. The molecule has 1 aromatic carbocycles. The number of rotatable bonds is 7. The number of amides is 2. The van der Waals surface area contributed by atoms with Gasteiger partial charge in [0.25, 0.3) is 0 Å². The Balaban J connectivity index is 1.89. The van der Waals surface area contributed by atoms with Crippen molar-refractivity contribution < 1.29 is 18.5 Å². The molecule has 0 aliphatic rings. The molecule has 2 aromatic rings. The van der Waals surface area contributed by atoms with Crippen molar-refractivity contribution in [2.45, 2.75) is 45.6 Å². The molecular weight excluding hydrogens is 325 g/mol. The van der Waals surface area contributed by atoms with Gasteiger partial charge in [-0.1, -0.05) is 24.2 Å². The third kappa shape index (κ3) is 5.41. The second kappa shape index (κ2) is 8.41. The maximum Gasteiger partial charge on any atom is 0.247 e. The average molecular weight is 347 g/mol. The second-order valence-corrected chi connectivity index (χ2v) is 5.96. The van der Waals surface area contributed by atoms with Crippen molar-refractivity contribution in [1.29, 1.82) is 0 Å². The van der Waals surface area contributed by atoms with E-state index in [0.717, 1.165) is 12.0 Å². The van der Waals surface area contributed by atoms with Crippen molar-refractivity contribution >= 4 is 17.6 Å². The highest BCUT2D eigenvalue weighted by molar-refractivity contribution is 5.96. The number of aromatic nitrogens is 1. The number of carbonyl (C=O) groups is 2. The highest BCUT2D eigenvalue weighted by Gasteiger charge is 2.20. The third-order valence-electron chi connectivity index (χ3n) is 3.92. The quantitative estimate of drug-likeness (QED) is 0.806. The van der Waals surface area contributed by atoms with Gasteiger partial charge in [-0.05, 0) is 43.9 Å². The topological polar surface area (TPSA) is 84.2 Å². The summed E-state index contributed by atoms with van der Waals surface area (Å²) < 4.78 is 17.9. The van der Waals surface area contributed by atoms with E-state index < -0.39 is 6.04 Å². The lowest BCUT2D eigenvalue weighted by atomic mass is 9.93. The fourth-order valence-electron chi connectivity index (χ4n) is 2.48. The zero-order chi connectivity index (χ0) is 18.4. The lowest BCUT2D eigenvalue weighted by Crippen LogP contribution is -2.42. The number of nitrogens with zero attached hydrogens (tertiary/aromatic N) is 1. The molecule has 2 atom stereocenters. The van der Waals surface area contributed by atoms with Crippen molar-refractivity contribution in [3.63, 3.8) is 0 Å². The van der Waals surface area contributed by atoms with Gasteiger partial charge in [0.05, 0.1) is 0 Å². The minimum atomic E-state index is -0.713. The van der Waals surface area contributed by atoms with Gasteiger partial charge in [-0.25, -0.2) is 4.39 Å². The summed E-state index contributed by atoms with van der Waals surface area (Å²) in [4.78, 5) is 24.3. The molecule has 0 aliphatic carbocycles. The molecule has 134 valence electrons. The molecule has 1 aromatic heterocycles. The van der Waals surface area contributed by atoms with E-state index in [0.29, 0.717) is 11.6 Å². The van der Waals surface area contributed by atoms with Gasteiger partial charge < -0.3 is 15.2 Å². The first-order valence-corrected chi connectivity index (χ1v) is 8.18. The molecule has 0 bridgehead atoms. The van der Waals surface area contributed by atoms with Gasteiger partial charge in [0, 0.05) is 12.5 Å². The maximum atomic E-state index is 13.0. The molecule has 6 nitrogen and oxygen atoms in total. The van der Waals surface area contributed by atoms with Crippen LogP contribution in [0.15, 0.2) is 34.9 Å². The smallest absolute Gasteiger partial charge is 0.247 e. The molecule has 0 saturated heterocycles. The molecule has 0 saturated carbocycles. The van der Waals surface area contributed by atoms with E-state index in [-0.39, 0.29) is 30.0 Å². The van der Waals surface area contributed by atoms with E-state index in [1.54, 1.807) is 32.0 Å². The van der Waals surface area contributed by atoms with Gasteiger partial charge in [0.15, 0.2) is 5.82 Å². The Kier molecular flexibility index (Phi) is 6.27. The summed E-state index contributed by atoms with van der Waals surface area (Å²) in [6.45, 7) is 5.28. The lowest BCUT2D eigenvalue weighted by molar-refractivity contribution is -0.126. The number of benzene rings is 1. The average Bonchev–Trinajstić information content (AvgIpc) is 2.98. The number of halogens is 1. The zero-order valence-corrected chi connectivity index (χ0v) is 14.5. The highest BCUT2D eigenvalue weighted by atomic mass is 19.1. The van der Waals surface area contributed by atoms with Gasteiger partial charge in [0.2, 0.25) is 11.8 Å². The molecule has 0 radical (unpaired) electrons. The van der Waals surface area contributed by atoms with Crippen LogP contribution in [0.2, 0.25) is 0 Å². The normalized spacial score (nSPS) is 13.1. The number of aryl methyl sites for hydroxylation is 1. The van der Waals surface area contributed by atoms with Gasteiger partial charge in [-0.3, -0.25) is 9.59 Å². The van der Waals surface area contributed by atoms with Crippen LogP contribution in [-0.4, -0.2) is 23.0 Å². The first kappa shape index (κ1) is 18.6. The molecule has 1 heterocycles. The number of hydrogen-bond donors (Lipinski definition) is 2. The van der Waals surface area contributed by atoms with Crippen molar-refractivity contribution in [1.82, 2.24) is 10.5 Å². The molecule has 2 amide bonds. The Morgan fingerprint density at radius 1 is 1.28 bits per heavy atom. The molecule has 0 fully saturated rings. The molecule has 2 N–H and O–H groups in total. The van der Waals surface area contributed by atoms with E-state index in [4.69, 9.17) is 4.52 Å². The number of nitrogens with one attached hydrogen (secondary N) is 2. The van der Waals surface area contributed by atoms with Crippen LogP contribution in [-0.2, 0) is 9.59 Å². The minimum Gasteiger partial charge on any atom is -0.360 e. The van der Waals surface area contributed by atoms with E-state index in [2.05, 4.69) is 15.8 Å². The van der Waals surface area contributed by atoms with Crippen LogP contribution in [0.25, 0.3) is 0 Å². The number of carbonyl (C=O) groups excluding carboxylic acids is 2. The van der Waals surface area contributed by atoms with Crippen molar-refractivity contribution in [3.05, 3.63) is 47.5 Å². The van der Waals surface area contributed by atoms with E-state index in [1.807, 2.05) is 6.92 Å². The first-order chi connectivity index (χ1) is 11.9. The van der Waals surface area contributed by atoms with Crippen LogP contribution in [0.5, 0.6) is 0 Å². The molecule has 0 aliphatic heterocycles. The van der Waals surface area contributed by atoms with Crippen molar-refractivity contribution in [3.8, 4) is 0 Å². The number of anilines is 1. The summed E-state index contributed by atoms with van der Waals surface area (Å²) in [5, 5.41) is 8.92. The Morgan fingerprint density at radius 2 is 1.96 bits per heavy atom. The Bertz CT molecular complexity index is 727. The van der Waals surface area contributed by atoms with Crippen molar-refractivity contribution in [2.24, 2.45) is 0 Å². The van der Waals surface area contributed by atoms with Crippen LogP contribution in [0.3, 0.4) is 0 Å². The SMILES string of the molecule is CCC(CC(=O)N[C@H](C)C(=O)Nc1cc(C)on1)c1ccc(F)cc1. The number of hydrogen-bond acceptors (Lipinski definition) is 4. The standard InChI is InChI=1S/C18H22FN3O3/c1-4-13(14-5-7-15(19)8-6-14)10-17(23)20-12(3)18(24)21-16-9-11(2)25-22-16/h5-9,12-13H,4,10H2,1-3H3,(H,20,23)(H,21,22,24)/t12-,13?/m1/s1. The highest BCUT2D eigenvalue weighted by Crippen LogP contribution is 2.23. The molecule has 2 rings (SSSR count). The first-order valence-electron chi connectivity index (χ1n) is 8.18. The lowest BCUT2D eigenvalue weighted by Gasteiger charge is -2.17. The Morgan fingerprint density at radius 3 is 2.52 bits per heavy atom. The molecule has 25 heavy (non-hydrogen) atoms. The second-order valence-electron chi connectivity index (χ2n) is 5.96. The van der Waals surface area contributed by atoms with Crippen LogP contribution < -0.4 is 10.6 Å². The van der Waals surface area contributed by atoms with Crippen LogP contribution in [0.1, 0.15) is 43.9 Å². The summed E-state index contributed by atoms with van der Waals surface area (Å²) in [6, 6.07) is 7.00. The summed E-state index contributed by atoms with van der Waals surface area (Å²) in [6.07, 6.45) is 0.959. The fourth-order valence-corrected chi connectivity index (χ4v) is 2.48. The molecule has 1 unspecified atom stereocenters. The summed E-state index contributed by atoms with van der Waals surface area (Å²) in [5.41, 5.74) is 0.897. The predicted octanol–water partition coefficient (Wildman–Crippen LogP) is 3.15. The van der Waals surface area contributed by atoms with E-state index in [9.17, 15) is 14.0 Å². The molecule has 7 heteroatoms. The summed E-state index contributed by atoms with van der Waals surface area (Å²) in [7, 11) is 0. The van der Waals surface area contributed by atoms with Gasteiger partial charge >= 0.3 is 0 Å². The predicted molar refractivity (Wildman–Crippen MR) is 91.5 cm³/mol. The monoisotopic (exact) mass is 347 g/mol. The molecular formula is C18H22FN3O3. The zero-order valence-electron chi connectivity index (χ0n) is 14.5. The largest absolute Gasteiger partial charge is 0.360 e. The molecule has 0 spiro atoms. The van der Waals surface area contributed by atoms with Gasteiger partial charge in [0.1, 0.15) is 17.6 Å². The third-order valence-corrected chi connectivity index (χ3v) is 3.92. The summed E-state index contributed by atoms with van der Waals surface area (Å²) in [5.74, 6) is -0.0736. The summed E-state index contributed by atoms with van der Waals surface area (Å²) >= 11 is 0. The van der Waals surface area contributed by atoms with Crippen LogP contribution in [0, 0.1) is 12.7 Å². The van der Waals surface area contributed by atoms with Crippen molar-refractivity contribution in [2.75, 3.05) is 5.32 Å². The van der Waals surface area contributed by atoms with E-state index in [1.165, 1.54) is 12.1 Å². The van der Waals surface area contributed by atoms with Crippen LogP contribution >= 0.6 is 0 Å². The maximum absolute atomic E-state index is 13.0. The van der Waals surface area contributed by atoms with Gasteiger partial charge in [-0.2, -0.15) is 0 Å². The fraction of sp³-hybridized carbons (Fsp3) is 0.389.